The molecule has 0 radical (unpaired) electrons. The van der Waals surface area contributed by atoms with Crippen LogP contribution >= 0.6 is 12.2 Å². The summed E-state index contributed by atoms with van der Waals surface area (Å²) in [6.45, 7) is 16.1. The molecule has 0 unspecified atom stereocenters. The number of hydrogen-bond donors (Lipinski definition) is 9. The van der Waals surface area contributed by atoms with Crippen LogP contribution in [0.1, 0.15) is 221 Å². The molecule has 632 valence electrons. The van der Waals surface area contributed by atoms with E-state index in [4.69, 9.17) is 45.6 Å². The van der Waals surface area contributed by atoms with Crippen LogP contribution < -0.4 is 36.3 Å². The number of nitrogen functional groups attached to an aromatic ring is 1. The Bertz CT molecular complexity index is 5880. The van der Waals surface area contributed by atoms with Crippen molar-refractivity contribution in [1.29, 1.82) is 0 Å². The summed E-state index contributed by atoms with van der Waals surface area (Å²) >= 11 is 4.67. The summed E-state index contributed by atoms with van der Waals surface area (Å²) in [4.78, 5) is 141. The van der Waals surface area contributed by atoms with E-state index < -0.39 is 35.8 Å². The van der Waals surface area contributed by atoms with Gasteiger partial charge in [-0.05, 0) is 212 Å². The van der Waals surface area contributed by atoms with E-state index in [0.717, 1.165) is 100 Å². The number of aliphatic imine (C=N–C) groups is 1. The first-order valence-corrected chi connectivity index (χ1v) is 38.7. The minimum atomic E-state index is -0.950. The third-order valence-corrected chi connectivity index (χ3v) is 21.7. The number of hydrogen-bond acceptors (Lipinski definition) is 15. The van der Waals surface area contributed by atoms with Gasteiger partial charge in [-0.15, -0.1) is 44.1 Å². The van der Waals surface area contributed by atoms with Crippen LogP contribution in [-0.2, 0) is 118 Å². The smallest absolute Gasteiger partial charge is 0.657 e. The van der Waals surface area contributed by atoms with E-state index in [0.29, 0.717) is 140 Å². The van der Waals surface area contributed by atoms with Gasteiger partial charge in [-0.2, -0.15) is 4.99 Å². The van der Waals surface area contributed by atoms with Gasteiger partial charge in [-0.25, -0.2) is 19.9 Å². The number of aryl methyl sites for hydroxylation is 8. The SMILES string of the molecule is C.C.CC1=C(CCC(=O)O)c2cc3[n-]c(cc4nc(cc5[n-]c(cc1n2)c(CCC(=O)O)c5C)C(CCC(=O)NCCc1ccc(N)cc1)=C4C)c(CCC(=O)O)c3C.CC1=C(CCC(=O)O)c2cc3[n-]c(cc4nc(cc5[n-]c(cc1n2)c(CCC(=O)O)c5C)C(CCC(=O)NCCc1ccc(N=C=S)cc1)=C4C)c(CCC(=O)O)c3C.[Pd+2].[Pd+2]. The van der Waals surface area contributed by atoms with Crippen molar-refractivity contribution in [1.82, 2.24) is 50.5 Å². The van der Waals surface area contributed by atoms with Gasteiger partial charge in [0.1, 0.15) is 0 Å². The van der Waals surface area contributed by atoms with Crippen LogP contribution in [0, 0.1) is 27.7 Å². The second kappa shape index (κ2) is 42.8. The monoisotopic (exact) mass is 1830 g/mol. The fourth-order valence-electron chi connectivity index (χ4n) is 14.9. The fourth-order valence-corrected chi connectivity index (χ4v) is 15.0. The number of carbonyl (C=O) groups excluding carboxylic acids is 2. The molecule has 0 aliphatic carbocycles. The molecule has 12 rings (SSSR count). The number of nitrogens with one attached hydrogen (secondary N) is 2. The van der Waals surface area contributed by atoms with Crippen LogP contribution in [0.25, 0.3) is 88.7 Å². The first-order chi connectivity index (χ1) is 55.4. The summed E-state index contributed by atoms with van der Waals surface area (Å²) in [7, 11) is 0. The first kappa shape index (κ1) is 95.5. The molecule has 6 aromatic heterocycles. The molecule has 2 aromatic carbocycles. The molecule has 8 aromatic rings. The Hall–Kier alpha value is -11.7. The molecule has 4 aliphatic rings. The van der Waals surface area contributed by atoms with E-state index in [1.54, 1.807) is 0 Å². The van der Waals surface area contributed by atoms with Gasteiger partial charge in [0.05, 0.1) is 56.4 Å². The number of benzene rings is 2. The van der Waals surface area contributed by atoms with Crippen LogP contribution in [0.2, 0.25) is 0 Å². The van der Waals surface area contributed by atoms with Crippen molar-refractivity contribution in [2.45, 2.75) is 186 Å². The van der Waals surface area contributed by atoms with Crippen molar-refractivity contribution in [3.8, 4) is 0 Å². The summed E-state index contributed by atoms with van der Waals surface area (Å²) in [5.74, 6) is -5.91. The molecule has 0 saturated heterocycles. The van der Waals surface area contributed by atoms with Gasteiger partial charge in [-0.1, -0.05) is 132 Å². The second-order valence-corrected chi connectivity index (χ2v) is 29.4. The number of thiocarbonyl (C=S) groups is 1. The van der Waals surface area contributed by atoms with Crippen LogP contribution in [0.5, 0.6) is 0 Å². The van der Waals surface area contributed by atoms with Crippen molar-refractivity contribution in [3.63, 3.8) is 0 Å². The summed E-state index contributed by atoms with van der Waals surface area (Å²) in [6, 6.07) is 29.8. The van der Waals surface area contributed by atoms with E-state index in [9.17, 15) is 69.0 Å². The maximum atomic E-state index is 13.2. The first-order valence-electron chi connectivity index (χ1n) is 38.3. The molecule has 2 amide bonds. The zero-order chi connectivity index (χ0) is 83.3. The Labute approximate surface area is 728 Å². The molecule has 29 heteroatoms. The number of carboxylic acids is 6. The number of aliphatic carboxylic acids is 6. The molecule has 0 fully saturated rings. The summed E-state index contributed by atoms with van der Waals surface area (Å²) in [5.41, 5.74) is 31.1. The Morgan fingerprint density at radius 1 is 0.350 bits per heavy atom. The van der Waals surface area contributed by atoms with Gasteiger partial charge in [0.15, 0.2) is 0 Å². The standard InChI is InChI=1S/C45H46N6O7S.C44H48N6O7.2CH4.2Pd/c1-24-30(9-13-42(52)46-18-17-28-5-7-29(8-6-28)47-23-59)38-19-35-25(2)31(10-14-43(53)54)40(49-35)21-37-27(4)33(12-16-45(57)58)41(51-37)22-36-26(3)32(11-15-44(55)56)39(50-36)20-34(24)48-38;1-23-29(9-13-41(51)46-18-17-27-5-7-28(45)8-6-27)37-19-34-24(2)30(10-14-42(52)53)39(48-34)21-36-26(4)32(12-16-44(56)57)40(50-36)22-35-25(3)31(11-15-43(54)55)38(49-35)20-33(23)47-37;;;;/h5-8,19-22H,9-18H2,1-4H3,(H6,46,48,49,50,51,52,53,54,55,56,57,58);5-8,19-22H,9-18,45H2,1-4H3,(H6,46,47,48,49,50,51,52,53,54,55,56,57);2*1H4;;/q;;;;2*+2/p-4. The van der Waals surface area contributed by atoms with E-state index in [2.05, 4.69) is 33.0 Å². The molecule has 16 bridgehead atoms. The van der Waals surface area contributed by atoms with Gasteiger partial charge in [-0.3, -0.25) is 38.4 Å². The maximum Gasteiger partial charge on any atom is 2.00 e. The maximum absolute atomic E-state index is 13.2. The van der Waals surface area contributed by atoms with Gasteiger partial charge in [0, 0.05) is 70.1 Å². The van der Waals surface area contributed by atoms with Crippen LogP contribution in [0.3, 0.4) is 0 Å². The topological polar surface area (TPSA) is 428 Å². The van der Waals surface area contributed by atoms with Crippen molar-refractivity contribution in [2.75, 3.05) is 18.8 Å². The molecule has 10 N–H and O–H groups in total. The molecule has 10 heterocycles. The number of carbonyl (C=O) groups is 8. The van der Waals surface area contributed by atoms with Crippen LogP contribution in [0.15, 0.2) is 102 Å². The number of carboxylic acid groups (broad SMARTS) is 6. The predicted octanol–water partition coefficient (Wildman–Crippen LogP) is 15.8. The average Bonchev–Trinajstić information content (AvgIpc) is 1.62. The van der Waals surface area contributed by atoms with Crippen LogP contribution in [-0.4, -0.2) is 116 Å². The number of anilines is 1. The fraction of sp³-hybridized carbons (Fsp3) is 0.330. The summed E-state index contributed by atoms with van der Waals surface area (Å²) < 4.78 is 0. The van der Waals surface area contributed by atoms with Crippen molar-refractivity contribution >= 4 is 165 Å². The summed E-state index contributed by atoms with van der Waals surface area (Å²) in [5, 5.41) is 66.0. The van der Waals surface area contributed by atoms with Crippen molar-refractivity contribution in [2.24, 2.45) is 4.99 Å². The number of nitrogens with two attached hydrogens (primary N) is 1. The van der Waals surface area contributed by atoms with E-state index in [1.807, 2.05) is 152 Å². The number of aromatic nitrogens is 8. The average molecular weight is 1830 g/mol. The Morgan fingerprint density at radius 2 is 0.583 bits per heavy atom. The summed E-state index contributed by atoms with van der Waals surface area (Å²) in [6.07, 6.45) is 3.11. The number of rotatable bonds is 31. The number of amides is 2. The van der Waals surface area contributed by atoms with E-state index >= 15 is 0 Å². The third kappa shape index (κ3) is 23.6. The van der Waals surface area contributed by atoms with Crippen molar-refractivity contribution < 1.29 is 110 Å². The molecule has 4 aliphatic heterocycles. The van der Waals surface area contributed by atoms with Gasteiger partial charge in [0.25, 0.3) is 0 Å². The Kier molecular flexibility index (Phi) is 34.1. The molecule has 26 nitrogen and oxygen atoms in total. The number of fused-ring (bicyclic) bond motifs is 16. The Balaban J connectivity index is 0.000000320. The van der Waals surface area contributed by atoms with E-state index in [-0.39, 0.29) is 157 Å². The van der Waals surface area contributed by atoms with Gasteiger partial charge >= 0.3 is 76.7 Å². The largest absolute Gasteiger partial charge is 2.00 e. The molecular formula is C91H98N12O14Pd2S. The van der Waals surface area contributed by atoms with Crippen molar-refractivity contribution in [3.05, 3.63) is 198 Å². The molecule has 120 heavy (non-hydrogen) atoms. The zero-order valence-electron chi connectivity index (χ0n) is 66.5. The predicted molar refractivity (Wildman–Crippen MR) is 462 cm³/mol. The Morgan fingerprint density at radius 3 is 0.833 bits per heavy atom. The molecule has 0 saturated carbocycles. The molecule has 0 atom stereocenters. The number of allylic oxidation sites excluding steroid dienone is 8. The van der Waals surface area contributed by atoms with Crippen LogP contribution in [0.4, 0.5) is 11.4 Å². The third-order valence-electron chi connectivity index (χ3n) is 21.6. The second-order valence-electron chi connectivity index (χ2n) is 29.2. The quantitative estimate of drug-likeness (QED) is 0.00843. The zero-order valence-corrected chi connectivity index (χ0v) is 70.4. The number of isothiocyanates is 1. The minimum Gasteiger partial charge on any atom is -0.657 e. The van der Waals surface area contributed by atoms with E-state index in [1.165, 1.54) is 0 Å². The normalized spacial score (nSPS) is 12.1. The minimum absolute atomic E-state index is 0. The molecular weight excluding hydrogens is 1730 g/mol. The van der Waals surface area contributed by atoms with Gasteiger partial charge in [0.2, 0.25) is 11.8 Å². The molecule has 0 spiro atoms. The number of nitrogens with zero attached hydrogens (tertiary/aromatic N) is 9. The van der Waals surface area contributed by atoms with Gasteiger partial charge < -0.3 is 66.9 Å².